The monoisotopic (exact) mass is 272 g/mol. The zero-order valence-electron chi connectivity index (χ0n) is 11.0. The third-order valence-corrected chi connectivity index (χ3v) is 3.14. The first-order chi connectivity index (χ1) is 9.61. The van der Waals surface area contributed by atoms with Gasteiger partial charge in [-0.3, -0.25) is 4.68 Å². The second kappa shape index (κ2) is 4.41. The van der Waals surface area contributed by atoms with Gasteiger partial charge >= 0.3 is 5.97 Å². The fourth-order valence-electron chi connectivity index (χ4n) is 2.22. The standard InChI is InChI=1S/C14H12N2O4/c1-16-13(9(7-15-16)14(17)18)12-6-8-10(19-2)4-3-5-11(8)20-12/h3-7H,1-2H3,(H,17,18). The Morgan fingerprint density at radius 1 is 1.45 bits per heavy atom. The van der Waals surface area contributed by atoms with E-state index in [2.05, 4.69) is 5.10 Å². The van der Waals surface area contributed by atoms with Crippen molar-refractivity contribution in [3.63, 3.8) is 0 Å². The molecule has 0 radical (unpaired) electrons. The number of nitrogens with zero attached hydrogens (tertiary/aromatic N) is 2. The summed E-state index contributed by atoms with van der Waals surface area (Å²) in [5.74, 6) is 0.0824. The van der Waals surface area contributed by atoms with E-state index in [0.29, 0.717) is 22.8 Å². The third-order valence-electron chi connectivity index (χ3n) is 3.14. The van der Waals surface area contributed by atoms with Crippen LogP contribution in [-0.2, 0) is 7.05 Å². The van der Waals surface area contributed by atoms with Crippen LogP contribution in [0.25, 0.3) is 22.4 Å². The van der Waals surface area contributed by atoms with E-state index >= 15 is 0 Å². The van der Waals surface area contributed by atoms with Crippen molar-refractivity contribution in [2.24, 2.45) is 7.05 Å². The van der Waals surface area contributed by atoms with Crippen molar-refractivity contribution in [2.45, 2.75) is 0 Å². The molecule has 20 heavy (non-hydrogen) atoms. The number of hydrogen-bond donors (Lipinski definition) is 1. The van der Waals surface area contributed by atoms with E-state index in [9.17, 15) is 9.90 Å². The summed E-state index contributed by atoms with van der Waals surface area (Å²) in [5, 5.41) is 14.0. The Kier molecular flexibility index (Phi) is 2.71. The molecule has 0 aliphatic carbocycles. The average molecular weight is 272 g/mol. The Balaban J connectivity index is 2.26. The quantitative estimate of drug-likeness (QED) is 0.792. The van der Waals surface area contributed by atoms with Crippen molar-refractivity contribution in [1.29, 1.82) is 0 Å². The SMILES string of the molecule is COc1cccc2oc(-c3c(C(=O)O)cnn3C)cc12. The summed E-state index contributed by atoms with van der Waals surface area (Å²) in [6.07, 6.45) is 1.31. The molecule has 0 bridgehead atoms. The molecular weight excluding hydrogens is 260 g/mol. The summed E-state index contributed by atoms with van der Waals surface area (Å²) >= 11 is 0. The van der Waals surface area contributed by atoms with E-state index in [1.54, 1.807) is 26.3 Å². The van der Waals surface area contributed by atoms with Crippen LogP contribution in [0.5, 0.6) is 5.75 Å². The Hall–Kier alpha value is -2.76. The molecule has 3 rings (SSSR count). The van der Waals surface area contributed by atoms with E-state index in [0.717, 1.165) is 5.39 Å². The molecule has 0 unspecified atom stereocenters. The molecule has 0 aliphatic heterocycles. The number of ether oxygens (including phenoxy) is 1. The van der Waals surface area contributed by atoms with E-state index in [4.69, 9.17) is 9.15 Å². The molecule has 1 N–H and O–H groups in total. The van der Waals surface area contributed by atoms with E-state index in [1.165, 1.54) is 10.9 Å². The topological polar surface area (TPSA) is 77.5 Å². The van der Waals surface area contributed by atoms with Gasteiger partial charge in [0.1, 0.15) is 22.6 Å². The van der Waals surface area contributed by atoms with E-state index in [-0.39, 0.29) is 5.56 Å². The van der Waals surface area contributed by atoms with Gasteiger partial charge in [0.2, 0.25) is 0 Å². The number of carbonyl (C=O) groups is 1. The van der Waals surface area contributed by atoms with E-state index in [1.807, 2.05) is 12.1 Å². The van der Waals surface area contributed by atoms with Crippen molar-refractivity contribution in [3.8, 4) is 17.2 Å². The van der Waals surface area contributed by atoms with Crippen molar-refractivity contribution in [1.82, 2.24) is 9.78 Å². The molecule has 0 saturated heterocycles. The number of fused-ring (bicyclic) bond motifs is 1. The minimum Gasteiger partial charge on any atom is -0.496 e. The lowest BCUT2D eigenvalue weighted by Crippen LogP contribution is -1.99. The number of hydrogen-bond acceptors (Lipinski definition) is 4. The van der Waals surface area contributed by atoms with Gasteiger partial charge in [0.15, 0.2) is 5.76 Å². The lowest BCUT2D eigenvalue weighted by Gasteiger charge is -1.99. The van der Waals surface area contributed by atoms with Gasteiger partial charge in [0, 0.05) is 7.05 Å². The predicted molar refractivity (Wildman–Crippen MR) is 71.9 cm³/mol. The van der Waals surface area contributed by atoms with Gasteiger partial charge in [-0.1, -0.05) is 6.07 Å². The van der Waals surface area contributed by atoms with Crippen molar-refractivity contribution >= 4 is 16.9 Å². The predicted octanol–water partition coefficient (Wildman–Crippen LogP) is 2.54. The number of aryl methyl sites for hydroxylation is 1. The maximum atomic E-state index is 11.2. The fraction of sp³-hybridized carbons (Fsp3) is 0.143. The van der Waals surface area contributed by atoms with Crippen LogP contribution < -0.4 is 4.74 Å². The molecule has 102 valence electrons. The first-order valence-corrected chi connectivity index (χ1v) is 5.94. The first kappa shape index (κ1) is 12.3. The summed E-state index contributed by atoms with van der Waals surface area (Å²) in [7, 11) is 3.25. The normalized spacial score (nSPS) is 10.9. The Morgan fingerprint density at radius 3 is 2.95 bits per heavy atom. The average Bonchev–Trinajstić information content (AvgIpc) is 3.00. The molecule has 0 atom stereocenters. The Morgan fingerprint density at radius 2 is 2.25 bits per heavy atom. The molecule has 2 heterocycles. The largest absolute Gasteiger partial charge is 0.496 e. The minimum absolute atomic E-state index is 0.102. The molecule has 0 saturated carbocycles. The number of methoxy groups -OCH3 is 1. The lowest BCUT2D eigenvalue weighted by atomic mass is 10.2. The van der Waals surface area contributed by atoms with Crippen LogP contribution in [0.15, 0.2) is 34.9 Å². The summed E-state index contributed by atoms with van der Waals surface area (Å²) in [6.45, 7) is 0. The molecule has 2 aromatic heterocycles. The van der Waals surface area contributed by atoms with Crippen molar-refractivity contribution < 1.29 is 19.1 Å². The number of carboxylic acid groups (broad SMARTS) is 1. The van der Waals surface area contributed by atoms with Crippen LogP contribution in [-0.4, -0.2) is 28.0 Å². The molecule has 0 spiro atoms. The number of furan rings is 1. The summed E-state index contributed by atoms with van der Waals surface area (Å²) in [5.41, 5.74) is 1.16. The van der Waals surface area contributed by atoms with Crippen molar-refractivity contribution in [3.05, 3.63) is 36.0 Å². The van der Waals surface area contributed by atoms with Gasteiger partial charge in [-0.05, 0) is 18.2 Å². The second-order valence-corrected chi connectivity index (χ2v) is 4.32. The maximum Gasteiger partial charge on any atom is 0.339 e. The Bertz CT molecular complexity index is 801. The number of carboxylic acids is 1. The highest BCUT2D eigenvalue weighted by Gasteiger charge is 2.20. The van der Waals surface area contributed by atoms with Crippen LogP contribution in [0.3, 0.4) is 0 Å². The highest BCUT2D eigenvalue weighted by molar-refractivity contribution is 5.96. The molecule has 1 aromatic carbocycles. The number of aromatic nitrogens is 2. The van der Waals surface area contributed by atoms with Crippen molar-refractivity contribution in [2.75, 3.05) is 7.11 Å². The maximum absolute atomic E-state index is 11.2. The summed E-state index contributed by atoms with van der Waals surface area (Å²) in [6, 6.07) is 7.20. The number of aromatic carboxylic acids is 1. The highest BCUT2D eigenvalue weighted by Crippen LogP contribution is 2.34. The van der Waals surface area contributed by atoms with Gasteiger partial charge in [-0.25, -0.2) is 4.79 Å². The molecule has 3 aromatic rings. The second-order valence-electron chi connectivity index (χ2n) is 4.32. The minimum atomic E-state index is -1.04. The number of benzene rings is 1. The summed E-state index contributed by atoms with van der Waals surface area (Å²) in [4.78, 5) is 11.2. The molecule has 0 amide bonds. The number of rotatable bonds is 3. The molecule has 0 fully saturated rings. The van der Waals surface area contributed by atoms with Crippen LogP contribution in [0.2, 0.25) is 0 Å². The molecule has 6 heteroatoms. The van der Waals surface area contributed by atoms with Gasteiger partial charge in [-0.15, -0.1) is 0 Å². The zero-order chi connectivity index (χ0) is 14.3. The zero-order valence-corrected chi connectivity index (χ0v) is 11.0. The van der Waals surface area contributed by atoms with E-state index < -0.39 is 5.97 Å². The fourth-order valence-corrected chi connectivity index (χ4v) is 2.22. The summed E-state index contributed by atoms with van der Waals surface area (Å²) < 4.78 is 12.5. The van der Waals surface area contributed by atoms with Crippen LogP contribution >= 0.6 is 0 Å². The highest BCUT2D eigenvalue weighted by atomic mass is 16.5. The van der Waals surface area contributed by atoms with Gasteiger partial charge in [0.25, 0.3) is 0 Å². The van der Waals surface area contributed by atoms with Gasteiger partial charge < -0.3 is 14.3 Å². The molecule has 0 aliphatic rings. The van der Waals surface area contributed by atoms with Crippen LogP contribution in [0.4, 0.5) is 0 Å². The third kappa shape index (κ3) is 1.73. The smallest absolute Gasteiger partial charge is 0.339 e. The van der Waals surface area contributed by atoms with Crippen LogP contribution in [0, 0.1) is 0 Å². The molecular formula is C14H12N2O4. The van der Waals surface area contributed by atoms with Gasteiger partial charge in [0.05, 0.1) is 18.7 Å². The van der Waals surface area contributed by atoms with Crippen LogP contribution in [0.1, 0.15) is 10.4 Å². The lowest BCUT2D eigenvalue weighted by molar-refractivity contribution is 0.0697. The Labute approximate surface area is 114 Å². The first-order valence-electron chi connectivity index (χ1n) is 5.94. The van der Waals surface area contributed by atoms with Gasteiger partial charge in [-0.2, -0.15) is 5.10 Å². The molecule has 6 nitrogen and oxygen atoms in total.